The van der Waals surface area contributed by atoms with Crippen molar-refractivity contribution in [2.24, 2.45) is 0 Å². The summed E-state index contributed by atoms with van der Waals surface area (Å²) < 4.78 is 40.8. The van der Waals surface area contributed by atoms with Crippen molar-refractivity contribution >= 4 is 28.5 Å². The summed E-state index contributed by atoms with van der Waals surface area (Å²) >= 11 is 5.96. The molecule has 3 aromatic carbocycles. The van der Waals surface area contributed by atoms with Gasteiger partial charge in [-0.1, -0.05) is 41.9 Å². The SMILES string of the molecule is O=C(NCCc1cccc(Cl)c1)c1nc2ccccc2n(-c2cccc(C(F)(F)F)c2)c1=O. The van der Waals surface area contributed by atoms with Crippen LogP contribution in [0.15, 0.2) is 77.6 Å². The van der Waals surface area contributed by atoms with Gasteiger partial charge in [-0.3, -0.25) is 14.2 Å². The number of halogens is 4. The molecular formula is C24H17ClF3N3O2. The molecule has 0 saturated heterocycles. The van der Waals surface area contributed by atoms with Crippen LogP contribution in [0.1, 0.15) is 21.6 Å². The molecule has 0 aliphatic carbocycles. The molecule has 0 atom stereocenters. The van der Waals surface area contributed by atoms with Gasteiger partial charge in [-0.2, -0.15) is 13.2 Å². The molecule has 4 aromatic rings. The Balaban J connectivity index is 1.71. The first kappa shape index (κ1) is 22.5. The monoisotopic (exact) mass is 471 g/mol. The second-order valence-electron chi connectivity index (χ2n) is 7.27. The van der Waals surface area contributed by atoms with Crippen LogP contribution in [0.2, 0.25) is 5.02 Å². The Hall–Kier alpha value is -3.65. The van der Waals surface area contributed by atoms with Crippen LogP contribution in [-0.2, 0) is 12.6 Å². The van der Waals surface area contributed by atoms with Crippen molar-refractivity contribution in [3.8, 4) is 5.69 Å². The molecule has 5 nitrogen and oxygen atoms in total. The van der Waals surface area contributed by atoms with Crippen LogP contribution in [0.25, 0.3) is 16.7 Å². The summed E-state index contributed by atoms with van der Waals surface area (Å²) in [6.45, 7) is 0.219. The lowest BCUT2D eigenvalue weighted by Crippen LogP contribution is -2.35. The number of nitrogens with one attached hydrogen (secondary N) is 1. The Morgan fingerprint density at radius 2 is 1.76 bits per heavy atom. The summed E-state index contributed by atoms with van der Waals surface area (Å²) in [5.41, 5.74) is -0.644. The fourth-order valence-electron chi connectivity index (χ4n) is 3.45. The number of aromatic nitrogens is 2. The molecule has 0 unspecified atom stereocenters. The maximum absolute atomic E-state index is 13.2. The number of nitrogens with zero attached hydrogens (tertiary/aromatic N) is 2. The van der Waals surface area contributed by atoms with Crippen LogP contribution < -0.4 is 10.9 Å². The third-order valence-electron chi connectivity index (χ3n) is 5.00. The molecule has 0 radical (unpaired) electrons. The first-order chi connectivity index (χ1) is 15.7. The van der Waals surface area contributed by atoms with Crippen molar-refractivity contribution in [3.05, 3.63) is 105 Å². The van der Waals surface area contributed by atoms with E-state index in [2.05, 4.69) is 10.3 Å². The topological polar surface area (TPSA) is 64.0 Å². The summed E-state index contributed by atoms with van der Waals surface area (Å²) in [6, 6.07) is 18.0. The van der Waals surface area contributed by atoms with Crippen molar-refractivity contribution in [1.29, 1.82) is 0 Å². The van der Waals surface area contributed by atoms with Gasteiger partial charge in [0, 0.05) is 17.3 Å². The van der Waals surface area contributed by atoms with Crippen molar-refractivity contribution in [2.75, 3.05) is 6.54 Å². The Kier molecular flexibility index (Phi) is 6.20. The summed E-state index contributed by atoms with van der Waals surface area (Å²) in [5, 5.41) is 3.22. The molecule has 33 heavy (non-hydrogen) atoms. The molecule has 1 amide bonds. The Labute approximate surface area is 191 Å². The van der Waals surface area contributed by atoms with Gasteiger partial charge in [0.25, 0.3) is 11.5 Å². The molecule has 9 heteroatoms. The van der Waals surface area contributed by atoms with Gasteiger partial charge in [-0.05, 0) is 54.4 Å². The number of carbonyl (C=O) groups is 1. The summed E-state index contributed by atoms with van der Waals surface area (Å²) in [4.78, 5) is 30.2. The van der Waals surface area contributed by atoms with E-state index in [1.54, 1.807) is 42.5 Å². The van der Waals surface area contributed by atoms with Gasteiger partial charge in [0.1, 0.15) is 0 Å². The molecule has 1 heterocycles. The molecule has 0 fully saturated rings. The summed E-state index contributed by atoms with van der Waals surface area (Å²) in [7, 11) is 0. The van der Waals surface area contributed by atoms with E-state index in [0.29, 0.717) is 17.0 Å². The number of carbonyl (C=O) groups excluding carboxylic acids is 1. The zero-order valence-electron chi connectivity index (χ0n) is 17.1. The molecule has 0 aliphatic heterocycles. The molecule has 1 aromatic heterocycles. The number of hydrogen-bond acceptors (Lipinski definition) is 3. The fourth-order valence-corrected chi connectivity index (χ4v) is 3.67. The van der Waals surface area contributed by atoms with E-state index in [0.717, 1.165) is 22.3 Å². The highest BCUT2D eigenvalue weighted by atomic mass is 35.5. The van der Waals surface area contributed by atoms with Crippen molar-refractivity contribution in [3.63, 3.8) is 0 Å². The van der Waals surface area contributed by atoms with Gasteiger partial charge in [-0.25, -0.2) is 4.98 Å². The first-order valence-corrected chi connectivity index (χ1v) is 10.3. The number of alkyl halides is 3. The van der Waals surface area contributed by atoms with Crippen molar-refractivity contribution < 1.29 is 18.0 Å². The molecule has 168 valence electrons. The second-order valence-corrected chi connectivity index (χ2v) is 7.71. The number of amides is 1. The first-order valence-electron chi connectivity index (χ1n) is 9.96. The van der Waals surface area contributed by atoms with Gasteiger partial charge in [0.05, 0.1) is 16.6 Å². The molecule has 0 aliphatic rings. The second kappa shape index (κ2) is 9.07. The number of rotatable bonds is 5. The highest BCUT2D eigenvalue weighted by Crippen LogP contribution is 2.30. The third kappa shape index (κ3) is 4.90. The molecular weight excluding hydrogens is 455 g/mol. The average Bonchev–Trinajstić information content (AvgIpc) is 2.78. The van der Waals surface area contributed by atoms with E-state index in [1.165, 1.54) is 12.1 Å². The van der Waals surface area contributed by atoms with Gasteiger partial charge in [0.2, 0.25) is 0 Å². The van der Waals surface area contributed by atoms with Crippen LogP contribution in [0.5, 0.6) is 0 Å². The van der Waals surface area contributed by atoms with E-state index in [4.69, 9.17) is 11.6 Å². The molecule has 0 spiro atoms. The van der Waals surface area contributed by atoms with Gasteiger partial charge in [0.15, 0.2) is 5.69 Å². The van der Waals surface area contributed by atoms with E-state index >= 15 is 0 Å². The minimum Gasteiger partial charge on any atom is -0.350 e. The van der Waals surface area contributed by atoms with E-state index in [-0.39, 0.29) is 17.7 Å². The zero-order valence-corrected chi connectivity index (χ0v) is 17.8. The van der Waals surface area contributed by atoms with Crippen molar-refractivity contribution in [1.82, 2.24) is 14.9 Å². The predicted octanol–water partition coefficient (Wildman–Crippen LogP) is 5.03. The smallest absolute Gasteiger partial charge is 0.350 e. The van der Waals surface area contributed by atoms with Crippen molar-refractivity contribution in [2.45, 2.75) is 12.6 Å². The number of para-hydroxylation sites is 2. The molecule has 0 bridgehead atoms. The Morgan fingerprint density at radius 1 is 1.00 bits per heavy atom. The van der Waals surface area contributed by atoms with Crippen LogP contribution in [0, 0.1) is 0 Å². The van der Waals surface area contributed by atoms with Crippen LogP contribution >= 0.6 is 11.6 Å². The Bertz CT molecular complexity index is 1400. The van der Waals surface area contributed by atoms with Crippen LogP contribution in [-0.4, -0.2) is 22.0 Å². The van der Waals surface area contributed by atoms with Crippen LogP contribution in [0.4, 0.5) is 13.2 Å². The highest BCUT2D eigenvalue weighted by Gasteiger charge is 2.31. The van der Waals surface area contributed by atoms with Gasteiger partial charge >= 0.3 is 6.18 Å². The maximum Gasteiger partial charge on any atom is 0.416 e. The molecule has 4 rings (SSSR count). The van der Waals surface area contributed by atoms with Gasteiger partial charge in [-0.15, -0.1) is 0 Å². The van der Waals surface area contributed by atoms with Gasteiger partial charge < -0.3 is 5.32 Å². The van der Waals surface area contributed by atoms with E-state index in [9.17, 15) is 22.8 Å². The highest BCUT2D eigenvalue weighted by molar-refractivity contribution is 6.30. The average molecular weight is 472 g/mol. The van der Waals surface area contributed by atoms with E-state index < -0.39 is 28.9 Å². The summed E-state index contributed by atoms with van der Waals surface area (Å²) in [6.07, 6.45) is -4.11. The minimum atomic E-state index is -4.58. The summed E-state index contributed by atoms with van der Waals surface area (Å²) in [5.74, 6) is -0.714. The number of benzene rings is 3. The van der Waals surface area contributed by atoms with E-state index in [1.807, 2.05) is 6.07 Å². The lowest BCUT2D eigenvalue weighted by Gasteiger charge is -2.14. The van der Waals surface area contributed by atoms with Crippen LogP contribution in [0.3, 0.4) is 0 Å². The molecule has 0 saturated carbocycles. The normalized spacial score (nSPS) is 11.5. The quantitative estimate of drug-likeness (QED) is 0.444. The third-order valence-corrected chi connectivity index (χ3v) is 5.23. The standard InChI is InChI=1S/C24H17ClF3N3O2/c25-17-7-3-5-15(13-17)11-12-29-22(32)21-23(33)31(20-10-2-1-9-19(20)30-21)18-8-4-6-16(14-18)24(26,27)28/h1-10,13-14H,11-12H2,(H,29,32). The largest absolute Gasteiger partial charge is 0.416 e. The lowest BCUT2D eigenvalue weighted by atomic mass is 10.1. The number of hydrogen-bond donors (Lipinski definition) is 1. The zero-order chi connectivity index (χ0) is 23.6. The lowest BCUT2D eigenvalue weighted by molar-refractivity contribution is -0.137. The maximum atomic E-state index is 13.2. The fraction of sp³-hybridized carbons (Fsp3) is 0.125. The molecule has 1 N–H and O–H groups in total. The predicted molar refractivity (Wildman–Crippen MR) is 120 cm³/mol. The Morgan fingerprint density at radius 3 is 2.52 bits per heavy atom. The minimum absolute atomic E-state index is 0.0126. The number of fused-ring (bicyclic) bond motifs is 1.